The summed E-state index contributed by atoms with van der Waals surface area (Å²) in [5, 5.41) is 0.866. The van der Waals surface area contributed by atoms with E-state index in [1.807, 2.05) is 6.07 Å². The average molecular weight is 293 g/mol. The van der Waals surface area contributed by atoms with E-state index in [-0.39, 0.29) is 0 Å². The molecule has 0 aliphatic heterocycles. The Kier molecular flexibility index (Phi) is 2.11. The molecule has 0 heterocycles. The normalized spacial score (nSPS) is 19.2. The molecule has 64 valence electrons. The van der Waals surface area contributed by atoms with Gasteiger partial charge < -0.3 is 0 Å². The fourth-order valence-corrected chi connectivity index (χ4v) is 2.47. The molecule has 1 fully saturated rings. The zero-order valence-corrected chi connectivity index (χ0v) is 9.82. The van der Waals surface area contributed by atoms with Gasteiger partial charge in [0.1, 0.15) is 0 Å². The first-order chi connectivity index (χ1) is 5.60. The van der Waals surface area contributed by atoms with E-state index in [4.69, 9.17) is 11.6 Å². The molecule has 0 aromatic heterocycles. The Labute approximate surface area is 91.5 Å². The van der Waals surface area contributed by atoms with Gasteiger partial charge in [0.05, 0.1) is 0 Å². The van der Waals surface area contributed by atoms with Gasteiger partial charge in [-0.3, -0.25) is 0 Å². The summed E-state index contributed by atoms with van der Waals surface area (Å²) in [7, 11) is 0. The second kappa shape index (κ2) is 2.88. The average Bonchev–Trinajstić information content (AvgIpc) is 2.67. The third-order valence-corrected chi connectivity index (χ3v) is 3.40. The van der Waals surface area contributed by atoms with Gasteiger partial charge in [-0.25, -0.2) is 0 Å². The van der Waals surface area contributed by atoms with Crippen molar-refractivity contribution in [3.63, 3.8) is 0 Å². The van der Waals surface area contributed by atoms with Crippen molar-refractivity contribution < 1.29 is 0 Å². The lowest BCUT2D eigenvalue weighted by molar-refractivity contribution is 0.787. The maximum absolute atomic E-state index is 5.98. The topological polar surface area (TPSA) is 0 Å². The van der Waals surface area contributed by atoms with Gasteiger partial charge in [-0.1, -0.05) is 18.5 Å². The third kappa shape index (κ3) is 1.62. The van der Waals surface area contributed by atoms with Crippen LogP contribution in [0.1, 0.15) is 25.3 Å². The molecule has 1 saturated carbocycles. The number of hydrogen-bond acceptors (Lipinski definition) is 0. The first-order valence-electron chi connectivity index (χ1n) is 4.07. The minimum Gasteiger partial charge on any atom is -0.0843 e. The molecule has 1 aromatic carbocycles. The molecule has 0 amide bonds. The first-order valence-corrected chi connectivity index (χ1v) is 5.52. The minimum absolute atomic E-state index is 0.435. The van der Waals surface area contributed by atoms with Crippen molar-refractivity contribution in [1.82, 2.24) is 0 Å². The van der Waals surface area contributed by atoms with Crippen molar-refractivity contribution in [2.24, 2.45) is 0 Å². The monoisotopic (exact) mass is 292 g/mol. The van der Waals surface area contributed by atoms with E-state index in [1.54, 1.807) is 0 Å². The van der Waals surface area contributed by atoms with Crippen molar-refractivity contribution in [3.8, 4) is 0 Å². The van der Waals surface area contributed by atoms with Gasteiger partial charge in [-0.15, -0.1) is 0 Å². The molecule has 0 nitrogen and oxygen atoms in total. The van der Waals surface area contributed by atoms with Gasteiger partial charge in [0.2, 0.25) is 0 Å². The van der Waals surface area contributed by atoms with Crippen LogP contribution in [0.15, 0.2) is 18.2 Å². The zero-order chi connectivity index (χ0) is 8.77. The van der Waals surface area contributed by atoms with Crippen LogP contribution in [0, 0.1) is 3.57 Å². The largest absolute Gasteiger partial charge is 0.0843 e. The smallest absolute Gasteiger partial charge is 0.0419 e. The summed E-state index contributed by atoms with van der Waals surface area (Å²) in [6.07, 6.45) is 2.62. The molecule has 0 atom stereocenters. The Morgan fingerprint density at radius 2 is 2.00 bits per heavy atom. The maximum Gasteiger partial charge on any atom is 0.0419 e. The highest BCUT2D eigenvalue weighted by atomic mass is 127. The van der Waals surface area contributed by atoms with Crippen LogP contribution in [0.2, 0.25) is 5.02 Å². The van der Waals surface area contributed by atoms with Crippen molar-refractivity contribution >= 4 is 34.2 Å². The van der Waals surface area contributed by atoms with Crippen LogP contribution in [0.25, 0.3) is 0 Å². The summed E-state index contributed by atoms with van der Waals surface area (Å²) < 4.78 is 1.24. The Morgan fingerprint density at radius 1 is 1.33 bits per heavy atom. The Balaban J connectivity index is 2.44. The summed E-state index contributed by atoms with van der Waals surface area (Å²) in [5.74, 6) is 0. The predicted molar refractivity (Wildman–Crippen MR) is 60.8 cm³/mol. The van der Waals surface area contributed by atoms with Crippen LogP contribution >= 0.6 is 34.2 Å². The quantitative estimate of drug-likeness (QED) is 0.686. The summed E-state index contributed by atoms with van der Waals surface area (Å²) >= 11 is 8.29. The fraction of sp³-hybridized carbons (Fsp3) is 0.400. The van der Waals surface area contributed by atoms with E-state index in [0.29, 0.717) is 5.41 Å². The lowest BCUT2D eigenvalue weighted by Gasteiger charge is -2.09. The van der Waals surface area contributed by atoms with Crippen molar-refractivity contribution in [2.45, 2.75) is 25.2 Å². The molecular formula is C10H10ClI. The van der Waals surface area contributed by atoms with Crippen LogP contribution < -0.4 is 0 Å². The molecule has 2 heteroatoms. The highest BCUT2D eigenvalue weighted by Crippen LogP contribution is 2.48. The van der Waals surface area contributed by atoms with E-state index in [0.717, 1.165) is 5.02 Å². The Bertz CT molecular complexity index is 295. The lowest BCUT2D eigenvalue weighted by Crippen LogP contribution is -1.99. The second-order valence-corrected chi connectivity index (χ2v) is 5.40. The summed E-state index contributed by atoms with van der Waals surface area (Å²) in [6, 6.07) is 6.33. The highest BCUT2D eigenvalue weighted by Gasteiger charge is 2.39. The van der Waals surface area contributed by atoms with Gasteiger partial charge >= 0.3 is 0 Å². The number of halogens is 2. The van der Waals surface area contributed by atoms with Crippen molar-refractivity contribution in [3.05, 3.63) is 32.4 Å². The SMILES string of the molecule is CC1(c2cc(Cl)cc(I)c2)CC1. The van der Waals surface area contributed by atoms with E-state index in [2.05, 4.69) is 41.6 Å². The van der Waals surface area contributed by atoms with E-state index >= 15 is 0 Å². The standard InChI is InChI=1S/C10H10ClI/c1-10(2-3-10)7-4-8(11)6-9(12)5-7/h4-6H,2-3H2,1H3. The Hall–Kier alpha value is 0.240. The minimum atomic E-state index is 0.435. The van der Waals surface area contributed by atoms with Gasteiger partial charge in [0, 0.05) is 8.59 Å². The fourth-order valence-electron chi connectivity index (χ4n) is 1.38. The van der Waals surface area contributed by atoms with Crippen LogP contribution in [-0.4, -0.2) is 0 Å². The number of hydrogen-bond donors (Lipinski definition) is 0. The van der Waals surface area contributed by atoms with Crippen molar-refractivity contribution in [1.29, 1.82) is 0 Å². The van der Waals surface area contributed by atoms with Crippen LogP contribution in [-0.2, 0) is 5.41 Å². The number of rotatable bonds is 1. The molecule has 1 aliphatic rings. The van der Waals surface area contributed by atoms with E-state index in [1.165, 1.54) is 22.0 Å². The molecule has 1 aromatic rings. The molecule has 2 rings (SSSR count). The van der Waals surface area contributed by atoms with Crippen molar-refractivity contribution in [2.75, 3.05) is 0 Å². The van der Waals surface area contributed by atoms with Gasteiger partial charge in [-0.05, 0) is 64.6 Å². The van der Waals surface area contributed by atoms with E-state index < -0.39 is 0 Å². The molecule has 0 N–H and O–H groups in total. The number of benzene rings is 1. The van der Waals surface area contributed by atoms with E-state index in [9.17, 15) is 0 Å². The second-order valence-electron chi connectivity index (χ2n) is 3.72. The first kappa shape index (κ1) is 8.82. The molecule has 0 radical (unpaired) electrons. The van der Waals surface area contributed by atoms with Crippen LogP contribution in [0.4, 0.5) is 0 Å². The van der Waals surface area contributed by atoms with Gasteiger partial charge in [0.15, 0.2) is 0 Å². The molecule has 0 bridgehead atoms. The van der Waals surface area contributed by atoms with Crippen LogP contribution in [0.3, 0.4) is 0 Å². The summed E-state index contributed by atoms with van der Waals surface area (Å²) in [4.78, 5) is 0. The highest BCUT2D eigenvalue weighted by molar-refractivity contribution is 14.1. The molecule has 0 saturated heterocycles. The molecule has 0 spiro atoms. The molecule has 12 heavy (non-hydrogen) atoms. The third-order valence-electron chi connectivity index (χ3n) is 2.56. The Morgan fingerprint density at radius 3 is 2.50 bits per heavy atom. The van der Waals surface area contributed by atoms with Gasteiger partial charge in [-0.2, -0.15) is 0 Å². The van der Waals surface area contributed by atoms with Crippen LogP contribution in [0.5, 0.6) is 0 Å². The summed E-state index contributed by atoms with van der Waals surface area (Å²) in [6.45, 7) is 2.30. The molecular weight excluding hydrogens is 282 g/mol. The lowest BCUT2D eigenvalue weighted by atomic mass is 9.99. The maximum atomic E-state index is 5.98. The zero-order valence-electron chi connectivity index (χ0n) is 6.90. The summed E-state index contributed by atoms with van der Waals surface area (Å²) in [5.41, 5.74) is 1.84. The van der Waals surface area contributed by atoms with Gasteiger partial charge in [0.25, 0.3) is 0 Å². The predicted octanol–water partition coefficient (Wildman–Crippen LogP) is 4.00. The molecule has 0 unspecified atom stereocenters. The molecule has 1 aliphatic carbocycles.